The molecular formula is C22H26ClN3O4. The van der Waals surface area contributed by atoms with Crippen LogP contribution in [0.2, 0.25) is 5.02 Å². The minimum Gasteiger partial charge on any atom is -0.354 e. The molecule has 0 fully saturated rings. The molecule has 1 atom stereocenters. The van der Waals surface area contributed by atoms with Gasteiger partial charge in [-0.1, -0.05) is 55.3 Å². The highest BCUT2D eigenvalue weighted by Crippen LogP contribution is 2.21. The lowest BCUT2D eigenvalue weighted by Gasteiger charge is -2.29. The molecule has 2 aromatic rings. The summed E-state index contributed by atoms with van der Waals surface area (Å²) in [6.07, 6.45) is 1.61. The van der Waals surface area contributed by atoms with E-state index in [1.165, 1.54) is 11.0 Å². The van der Waals surface area contributed by atoms with Gasteiger partial charge < -0.3 is 10.2 Å². The fourth-order valence-corrected chi connectivity index (χ4v) is 3.27. The van der Waals surface area contributed by atoms with E-state index in [-0.39, 0.29) is 30.5 Å². The van der Waals surface area contributed by atoms with Crippen LogP contribution in [0.5, 0.6) is 0 Å². The molecule has 0 aliphatic heterocycles. The van der Waals surface area contributed by atoms with Gasteiger partial charge in [-0.2, -0.15) is 0 Å². The van der Waals surface area contributed by atoms with Crippen LogP contribution >= 0.6 is 11.6 Å². The molecule has 160 valence electrons. The van der Waals surface area contributed by atoms with Crippen LogP contribution in [0.3, 0.4) is 0 Å². The number of carbonyl (C=O) groups is 2. The van der Waals surface area contributed by atoms with Gasteiger partial charge in [0, 0.05) is 29.7 Å². The van der Waals surface area contributed by atoms with Gasteiger partial charge in [0.15, 0.2) is 0 Å². The van der Waals surface area contributed by atoms with Gasteiger partial charge >= 0.3 is 0 Å². The van der Waals surface area contributed by atoms with Gasteiger partial charge in [-0.25, -0.2) is 0 Å². The van der Waals surface area contributed by atoms with E-state index in [4.69, 9.17) is 11.6 Å². The highest BCUT2D eigenvalue weighted by molar-refractivity contribution is 6.30. The van der Waals surface area contributed by atoms with Crippen LogP contribution in [0, 0.1) is 10.1 Å². The van der Waals surface area contributed by atoms with Crippen molar-refractivity contribution in [1.29, 1.82) is 0 Å². The van der Waals surface area contributed by atoms with E-state index < -0.39 is 11.0 Å². The van der Waals surface area contributed by atoms with E-state index in [1.54, 1.807) is 43.3 Å². The third kappa shape index (κ3) is 6.56. The first kappa shape index (κ1) is 23.3. The summed E-state index contributed by atoms with van der Waals surface area (Å²) in [6, 6.07) is 12.4. The van der Waals surface area contributed by atoms with E-state index in [0.717, 1.165) is 18.4 Å². The Hall–Kier alpha value is -2.93. The van der Waals surface area contributed by atoms with Gasteiger partial charge in [-0.15, -0.1) is 0 Å². The summed E-state index contributed by atoms with van der Waals surface area (Å²) in [6.45, 7) is 4.38. The van der Waals surface area contributed by atoms with Crippen molar-refractivity contribution in [3.8, 4) is 0 Å². The second-order valence-corrected chi connectivity index (χ2v) is 7.47. The smallest absolute Gasteiger partial charge is 0.273 e. The molecule has 30 heavy (non-hydrogen) atoms. The lowest BCUT2D eigenvalue weighted by Crippen LogP contribution is -2.48. The van der Waals surface area contributed by atoms with Crippen molar-refractivity contribution in [1.82, 2.24) is 10.2 Å². The Kier molecular flexibility index (Phi) is 8.80. The lowest BCUT2D eigenvalue weighted by molar-refractivity contribution is -0.385. The Balaban J connectivity index is 2.26. The Morgan fingerprint density at radius 3 is 2.60 bits per heavy atom. The highest BCUT2D eigenvalue weighted by Gasteiger charge is 2.27. The van der Waals surface area contributed by atoms with Crippen molar-refractivity contribution in [2.45, 2.75) is 45.7 Å². The van der Waals surface area contributed by atoms with Gasteiger partial charge in [-0.3, -0.25) is 19.7 Å². The van der Waals surface area contributed by atoms with Crippen molar-refractivity contribution in [3.05, 3.63) is 74.8 Å². The molecule has 0 unspecified atom stereocenters. The molecular weight excluding hydrogens is 406 g/mol. The largest absolute Gasteiger partial charge is 0.354 e. The minimum absolute atomic E-state index is 0.117. The van der Waals surface area contributed by atoms with Crippen molar-refractivity contribution in [3.63, 3.8) is 0 Å². The molecule has 0 bridgehead atoms. The Morgan fingerprint density at radius 2 is 1.93 bits per heavy atom. The molecule has 2 rings (SSSR count). The number of nitrogens with zero attached hydrogens (tertiary/aromatic N) is 2. The summed E-state index contributed by atoms with van der Waals surface area (Å²) < 4.78 is 0. The zero-order valence-electron chi connectivity index (χ0n) is 17.1. The molecule has 0 radical (unpaired) electrons. The average Bonchev–Trinajstić information content (AvgIpc) is 2.71. The van der Waals surface area contributed by atoms with E-state index >= 15 is 0 Å². The fourth-order valence-electron chi connectivity index (χ4n) is 3.05. The van der Waals surface area contributed by atoms with Gasteiger partial charge in [0.05, 0.1) is 11.3 Å². The third-order valence-corrected chi connectivity index (χ3v) is 5.00. The molecule has 0 spiro atoms. The normalized spacial score (nSPS) is 11.6. The number of halogens is 1. The van der Waals surface area contributed by atoms with Crippen LogP contribution in [-0.4, -0.2) is 34.2 Å². The maximum Gasteiger partial charge on any atom is 0.273 e. The van der Waals surface area contributed by atoms with E-state index in [2.05, 4.69) is 5.32 Å². The molecule has 2 aromatic carbocycles. The molecule has 0 saturated heterocycles. The predicted octanol–water partition coefficient (Wildman–Crippen LogP) is 4.12. The van der Waals surface area contributed by atoms with Crippen LogP contribution in [0.4, 0.5) is 5.69 Å². The minimum atomic E-state index is -0.740. The number of nitro benzene ring substituents is 1. The van der Waals surface area contributed by atoms with E-state index in [9.17, 15) is 19.7 Å². The third-order valence-electron chi connectivity index (χ3n) is 4.77. The van der Waals surface area contributed by atoms with Crippen molar-refractivity contribution >= 4 is 29.1 Å². The first-order chi connectivity index (χ1) is 14.3. The maximum atomic E-state index is 13.1. The standard InChI is InChI=1S/C22H26ClN3O4/c1-3-4-12-24-22(28)16(2)25(15-17-8-7-10-19(23)13-17)21(27)14-18-9-5-6-11-20(18)26(29)30/h5-11,13,16H,3-4,12,14-15H2,1-2H3,(H,24,28)/t16-/m1/s1. The first-order valence-electron chi connectivity index (χ1n) is 9.87. The van der Waals surface area contributed by atoms with E-state index in [1.807, 2.05) is 13.0 Å². The van der Waals surface area contributed by atoms with Gasteiger partial charge in [0.1, 0.15) is 6.04 Å². The highest BCUT2D eigenvalue weighted by atomic mass is 35.5. The SMILES string of the molecule is CCCCNC(=O)[C@@H](C)N(Cc1cccc(Cl)c1)C(=O)Cc1ccccc1[N+](=O)[O-]. The summed E-state index contributed by atoms with van der Waals surface area (Å²) in [5, 5.41) is 14.7. The monoisotopic (exact) mass is 431 g/mol. The lowest BCUT2D eigenvalue weighted by atomic mass is 10.1. The van der Waals surface area contributed by atoms with Crippen molar-refractivity contribution in [2.75, 3.05) is 6.54 Å². The number of hydrogen-bond acceptors (Lipinski definition) is 4. The molecule has 1 N–H and O–H groups in total. The number of carbonyl (C=O) groups excluding carboxylic acids is 2. The Labute approximate surface area is 181 Å². The van der Waals surface area contributed by atoms with E-state index in [0.29, 0.717) is 17.1 Å². The molecule has 0 aliphatic carbocycles. The van der Waals surface area contributed by atoms with Crippen LogP contribution < -0.4 is 5.32 Å². The summed E-state index contributed by atoms with van der Waals surface area (Å²) in [5.74, 6) is -0.635. The predicted molar refractivity (Wildman–Crippen MR) is 116 cm³/mol. The summed E-state index contributed by atoms with van der Waals surface area (Å²) in [5.41, 5.74) is 0.961. The van der Waals surface area contributed by atoms with Crippen LogP contribution in [-0.2, 0) is 22.6 Å². The average molecular weight is 432 g/mol. The number of nitro groups is 1. The van der Waals surface area contributed by atoms with Crippen LogP contribution in [0.1, 0.15) is 37.8 Å². The molecule has 0 heterocycles. The molecule has 2 amide bonds. The van der Waals surface area contributed by atoms with Gasteiger partial charge in [-0.05, 0) is 31.0 Å². The number of hydrogen-bond donors (Lipinski definition) is 1. The first-order valence-corrected chi connectivity index (χ1v) is 10.2. The number of rotatable bonds is 10. The number of benzene rings is 2. The van der Waals surface area contributed by atoms with Gasteiger partial charge in [0.25, 0.3) is 5.69 Å². The number of amides is 2. The van der Waals surface area contributed by atoms with Crippen LogP contribution in [0.25, 0.3) is 0 Å². The second-order valence-electron chi connectivity index (χ2n) is 7.03. The topological polar surface area (TPSA) is 92.6 Å². The molecule has 7 nitrogen and oxygen atoms in total. The Bertz CT molecular complexity index is 903. The second kappa shape index (κ2) is 11.3. The fraction of sp³-hybridized carbons (Fsp3) is 0.364. The molecule has 0 aromatic heterocycles. The molecule has 0 saturated carbocycles. The van der Waals surface area contributed by atoms with Crippen LogP contribution in [0.15, 0.2) is 48.5 Å². The zero-order chi connectivity index (χ0) is 22.1. The number of para-hydroxylation sites is 1. The molecule has 0 aliphatic rings. The number of nitrogens with one attached hydrogen (secondary N) is 1. The summed E-state index contributed by atoms with van der Waals surface area (Å²) in [4.78, 5) is 38.0. The Morgan fingerprint density at radius 1 is 1.20 bits per heavy atom. The van der Waals surface area contributed by atoms with Gasteiger partial charge in [0.2, 0.25) is 11.8 Å². The number of unbranched alkanes of at least 4 members (excludes halogenated alkanes) is 1. The summed E-state index contributed by atoms with van der Waals surface area (Å²) in [7, 11) is 0. The quantitative estimate of drug-likeness (QED) is 0.348. The summed E-state index contributed by atoms with van der Waals surface area (Å²) >= 11 is 6.06. The maximum absolute atomic E-state index is 13.1. The van der Waals surface area contributed by atoms with Crippen molar-refractivity contribution < 1.29 is 14.5 Å². The zero-order valence-corrected chi connectivity index (χ0v) is 17.9. The molecule has 8 heteroatoms. The van der Waals surface area contributed by atoms with Crippen molar-refractivity contribution in [2.24, 2.45) is 0 Å².